The van der Waals surface area contributed by atoms with Crippen LogP contribution in [0.15, 0.2) is 12.1 Å². The third kappa shape index (κ3) is 3.77. The number of esters is 1. The van der Waals surface area contributed by atoms with Crippen molar-refractivity contribution in [3.63, 3.8) is 0 Å². The van der Waals surface area contributed by atoms with Gasteiger partial charge in [-0.1, -0.05) is 11.6 Å². The predicted octanol–water partition coefficient (Wildman–Crippen LogP) is 3.02. The number of rotatable bonds is 4. The molecule has 0 unspecified atom stereocenters. The number of carbonyl (C=O) groups is 1. The van der Waals surface area contributed by atoms with Crippen molar-refractivity contribution in [3.8, 4) is 0 Å². The fourth-order valence-corrected chi connectivity index (χ4v) is 2.13. The molecule has 0 aromatic carbocycles. The van der Waals surface area contributed by atoms with Gasteiger partial charge in [0.05, 0.1) is 10.9 Å². The van der Waals surface area contributed by atoms with Gasteiger partial charge >= 0.3 is 11.9 Å². The average Bonchev–Trinajstić information content (AvgIpc) is 2.64. The van der Waals surface area contributed by atoms with Crippen molar-refractivity contribution in [1.29, 1.82) is 0 Å². The third-order valence-electron chi connectivity index (χ3n) is 1.84. The van der Waals surface area contributed by atoms with Crippen molar-refractivity contribution in [2.45, 2.75) is 18.9 Å². The Hall–Kier alpha value is -0.430. The van der Waals surface area contributed by atoms with Gasteiger partial charge in [0.25, 0.3) is 0 Å². The van der Waals surface area contributed by atoms with Gasteiger partial charge in [-0.2, -0.15) is 8.78 Å². The zero-order valence-corrected chi connectivity index (χ0v) is 11.2. The van der Waals surface area contributed by atoms with E-state index in [1.807, 2.05) is 0 Å². The lowest BCUT2D eigenvalue weighted by Crippen LogP contribution is -2.41. The zero-order chi connectivity index (χ0) is 12.3. The molecular formula is C9H11Cl2F2NO2S. The fourth-order valence-electron chi connectivity index (χ4n) is 1.03. The number of halogens is 4. The summed E-state index contributed by atoms with van der Waals surface area (Å²) in [7, 11) is 0. The van der Waals surface area contributed by atoms with Gasteiger partial charge in [0.15, 0.2) is 0 Å². The highest BCUT2D eigenvalue weighted by Crippen LogP contribution is 2.35. The summed E-state index contributed by atoms with van der Waals surface area (Å²) in [5.41, 5.74) is 5.32. The molecule has 3 nitrogen and oxygen atoms in total. The molecule has 1 rings (SSSR count). The minimum Gasteiger partial charge on any atom is -0.462 e. The topological polar surface area (TPSA) is 52.3 Å². The molecule has 0 amide bonds. The minimum atomic E-state index is -3.75. The van der Waals surface area contributed by atoms with Crippen LogP contribution in [0.25, 0.3) is 0 Å². The van der Waals surface area contributed by atoms with Crippen LogP contribution in [0.5, 0.6) is 0 Å². The van der Waals surface area contributed by atoms with Gasteiger partial charge in [0, 0.05) is 4.88 Å². The van der Waals surface area contributed by atoms with E-state index in [1.165, 1.54) is 19.1 Å². The maximum absolute atomic E-state index is 13.5. The highest BCUT2D eigenvalue weighted by Gasteiger charge is 2.48. The highest BCUT2D eigenvalue weighted by atomic mass is 35.5. The van der Waals surface area contributed by atoms with E-state index < -0.39 is 17.9 Å². The van der Waals surface area contributed by atoms with Crippen LogP contribution in [0.4, 0.5) is 8.78 Å². The summed E-state index contributed by atoms with van der Waals surface area (Å²) in [5, 5.41) is 0. The van der Waals surface area contributed by atoms with E-state index >= 15 is 0 Å². The largest absolute Gasteiger partial charge is 0.462 e. The second-order valence-electron chi connectivity index (χ2n) is 2.96. The molecule has 1 aromatic rings. The van der Waals surface area contributed by atoms with Crippen molar-refractivity contribution < 1.29 is 18.3 Å². The molecule has 0 spiro atoms. The molecule has 8 heteroatoms. The molecule has 0 aliphatic carbocycles. The second-order valence-corrected chi connectivity index (χ2v) is 4.71. The van der Waals surface area contributed by atoms with Crippen LogP contribution in [-0.4, -0.2) is 18.5 Å². The Labute approximate surface area is 112 Å². The molecule has 0 bridgehead atoms. The maximum atomic E-state index is 13.5. The number of hydrogen-bond acceptors (Lipinski definition) is 4. The summed E-state index contributed by atoms with van der Waals surface area (Å²) in [5.74, 6) is -5.36. The van der Waals surface area contributed by atoms with Gasteiger partial charge in [-0.25, -0.2) is 4.79 Å². The number of nitrogens with two attached hydrogens (primary N) is 1. The smallest absolute Gasteiger partial charge is 0.379 e. The molecule has 0 radical (unpaired) electrons. The summed E-state index contributed by atoms with van der Waals surface area (Å²) in [4.78, 5) is 11.1. The van der Waals surface area contributed by atoms with Crippen molar-refractivity contribution >= 4 is 41.3 Å². The summed E-state index contributed by atoms with van der Waals surface area (Å²) < 4.78 is 31.5. The molecule has 0 aliphatic rings. The number of carbonyl (C=O) groups excluding carboxylic acids is 1. The van der Waals surface area contributed by atoms with Crippen LogP contribution in [0.2, 0.25) is 4.34 Å². The third-order valence-corrected chi connectivity index (χ3v) is 3.15. The Balaban J connectivity index is 0.00000256. The average molecular weight is 306 g/mol. The van der Waals surface area contributed by atoms with Crippen LogP contribution in [0.3, 0.4) is 0 Å². The van der Waals surface area contributed by atoms with Crippen LogP contribution in [-0.2, 0) is 9.53 Å². The van der Waals surface area contributed by atoms with E-state index in [0.717, 1.165) is 11.3 Å². The lowest BCUT2D eigenvalue weighted by atomic mass is 10.1. The molecule has 0 fully saturated rings. The van der Waals surface area contributed by atoms with Gasteiger partial charge in [-0.05, 0) is 19.1 Å². The number of alkyl halides is 2. The van der Waals surface area contributed by atoms with Crippen molar-refractivity contribution in [2.75, 3.05) is 6.61 Å². The summed E-state index contributed by atoms with van der Waals surface area (Å²) in [6.45, 7) is 1.33. The van der Waals surface area contributed by atoms with Crippen LogP contribution < -0.4 is 5.73 Å². The lowest BCUT2D eigenvalue weighted by Gasteiger charge is -2.20. The normalized spacial score (nSPS) is 12.8. The maximum Gasteiger partial charge on any atom is 0.379 e. The second kappa shape index (κ2) is 6.49. The first-order valence-electron chi connectivity index (χ1n) is 4.45. The van der Waals surface area contributed by atoms with Crippen molar-refractivity contribution in [1.82, 2.24) is 0 Å². The van der Waals surface area contributed by atoms with Crippen molar-refractivity contribution in [2.24, 2.45) is 5.73 Å². The van der Waals surface area contributed by atoms with Crippen molar-refractivity contribution in [3.05, 3.63) is 21.3 Å². The molecule has 0 aliphatic heterocycles. The zero-order valence-electron chi connectivity index (χ0n) is 8.78. The predicted molar refractivity (Wildman–Crippen MR) is 65.1 cm³/mol. The van der Waals surface area contributed by atoms with Crippen LogP contribution >= 0.6 is 35.3 Å². The summed E-state index contributed by atoms with van der Waals surface area (Å²) in [6, 6.07) is 1.08. The van der Waals surface area contributed by atoms with Gasteiger partial charge in [0.2, 0.25) is 0 Å². The van der Waals surface area contributed by atoms with Gasteiger partial charge in [-0.3, -0.25) is 0 Å². The van der Waals surface area contributed by atoms with E-state index in [4.69, 9.17) is 17.3 Å². The van der Waals surface area contributed by atoms with Gasteiger partial charge in [-0.15, -0.1) is 23.7 Å². The van der Waals surface area contributed by atoms with Gasteiger partial charge in [0.1, 0.15) is 6.04 Å². The Bertz CT molecular complexity index is 387. The Morgan fingerprint density at radius 1 is 1.65 bits per heavy atom. The van der Waals surface area contributed by atoms with E-state index in [1.54, 1.807) is 0 Å². The number of ether oxygens (including phenoxy) is 1. The molecule has 17 heavy (non-hydrogen) atoms. The van der Waals surface area contributed by atoms with E-state index in [0.29, 0.717) is 4.34 Å². The monoisotopic (exact) mass is 305 g/mol. The number of thiophene rings is 1. The van der Waals surface area contributed by atoms with Crippen LogP contribution in [0, 0.1) is 0 Å². The Morgan fingerprint density at radius 2 is 2.24 bits per heavy atom. The fraction of sp³-hybridized carbons (Fsp3) is 0.444. The van der Waals surface area contributed by atoms with E-state index in [9.17, 15) is 13.6 Å². The lowest BCUT2D eigenvalue weighted by molar-refractivity contribution is -0.174. The van der Waals surface area contributed by atoms with E-state index in [2.05, 4.69) is 4.74 Å². The van der Waals surface area contributed by atoms with E-state index in [-0.39, 0.29) is 23.9 Å². The summed E-state index contributed by atoms with van der Waals surface area (Å²) in [6.07, 6.45) is 0. The summed E-state index contributed by atoms with van der Waals surface area (Å²) >= 11 is 6.51. The quantitative estimate of drug-likeness (QED) is 0.870. The molecule has 1 heterocycles. The first-order chi connectivity index (χ1) is 7.39. The molecular weight excluding hydrogens is 295 g/mol. The first-order valence-corrected chi connectivity index (χ1v) is 5.65. The first kappa shape index (κ1) is 16.6. The SMILES string of the molecule is CCOC(=O)C(F)(F)[C@@H](N)c1ccc(Cl)s1.Cl. The molecule has 0 saturated heterocycles. The molecule has 1 atom stereocenters. The molecule has 98 valence electrons. The highest BCUT2D eigenvalue weighted by molar-refractivity contribution is 7.16. The molecule has 0 saturated carbocycles. The standard InChI is InChI=1S/C9H10ClF2NO2S.ClH/c1-2-15-8(14)9(11,12)7(13)5-3-4-6(10)16-5;/h3-4,7H,2,13H2,1H3;1H/t7-;/m0./s1. The molecule has 1 aromatic heterocycles. The van der Waals surface area contributed by atoms with Gasteiger partial charge < -0.3 is 10.5 Å². The van der Waals surface area contributed by atoms with Crippen LogP contribution in [0.1, 0.15) is 17.8 Å². The molecule has 2 N–H and O–H groups in total. The number of hydrogen-bond donors (Lipinski definition) is 1. The minimum absolute atomic E-state index is 0. The Kier molecular flexibility index (Phi) is 6.32. The Morgan fingerprint density at radius 3 is 2.65 bits per heavy atom.